The van der Waals surface area contributed by atoms with Gasteiger partial charge in [-0.15, -0.1) is 0 Å². The van der Waals surface area contributed by atoms with Crippen LogP contribution in [0.4, 0.5) is 4.39 Å². The minimum absolute atomic E-state index is 0.00981. The first-order chi connectivity index (χ1) is 13.3. The second-order valence-electron chi connectivity index (χ2n) is 7.31. The molecule has 2 rings (SSSR count). The molecule has 0 aromatic heterocycles. The van der Waals surface area contributed by atoms with Crippen LogP contribution in [0.15, 0.2) is 60.3 Å². The molecule has 2 fully saturated rings. The molecule has 28 heavy (non-hydrogen) atoms. The van der Waals surface area contributed by atoms with Crippen LogP contribution in [0.1, 0.15) is 26.2 Å². The number of halogens is 1. The van der Waals surface area contributed by atoms with Gasteiger partial charge in [0.15, 0.2) is 5.78 Å². The number of ketones is 1. The zero-order valence-corrected chi connectivity index (χ0v) is 17.4. The van der Waals surface area contributed by atoms with Gasteiger partial charge in [0.25, 0.3) is 0 Å². The second-order valence-corrected chi connectivity index (χ2v) is 7.93. The molecule has 0 aromatic rings. The molecule has 2 unspecified atom stereocenters. The van der Waals surface area contributed by atoms with E-state index in [9.17, 15) is 9.18 Å². The number of carbonyl (C=O) groups is 1. The van der Waals surface area contributed by atoms with E-state index in [0.717, 1.165) is 36.6 Å². The number of allylic oxidation sites excluding steroid dienone is 3. The smallest absolute Gasteiger partial charge is 0.157 e. The van der Waals surface area contributed by atoms with Crippen molar-refractivity contribution >= 4 is 18.4 Å². The number of likely N-dealkylation sites (tertiary alicyclic amines) is 1. The number of carbonyl (C=O) groups excluding carboxylic acids is 1. The number of hydrogen-bond donors (Lipinski definition) is 3. The summed E-state index contributed by atoms with van der Waals surface area (Å²) < 4.78 is 14.4. The third kappa shape index (κ3) is 5.37. The summed E-state index contributed by atoms with van der Waals surface area (Å²) in [6.45, 7) is 10.7. The molecule has 1 saturated carbocycles. The lowest BCUT2D eigenvalue weighted by atomic mass is 9.93. The minimum atomic E-state index is -0.646. The molecule has 0 radical (unpaired) electrons. The van der Waals surface area contributed by atoms with Gasteiger partial charge in [0.05, 0.1) is 12.6 Å². The third-order valence-corrected chi connectivity index (χ3v) is 5.92. The Morgan fingerprint density at radius 1 is 1.39 bits per heavy atom. The van der Waals surface area contributed by atoms with Crippen molar-refractivity contribution in [1.29, 1.82) is 0 Å². The van der Waals surface area contributed by atoms with E-state index in [1.165, 1.54) is 12.3 Å². The Balaban J connectivity index is 2.27. The molecule has 7 heteroatoms. The monoisotopic (exact) mass is 406 g/mol. The van der Waals surface area contributed by atoms with Crippen molar-refractivity contribution in [2.24, 2.45) is 17.5 Å². The molecule has 0 bridgehead atoms. The summed E-state index contributed by atoms with van der Waals surface area (Å²) in [5, 5.41) is 1.62. The predicted octanol–water partition coefficient (Wildman–Crippen LogP) is 2.86. The fourth-order valence-electron chi connectivity index (χ4n) is 3.35. The Labute approximate surface area is 172 Å². The molecule has 0 amide bonds. The predicted molar refractivity (Wildman–Crippen MR) is 116 cm³/mol. The molecule has 1 aliphatic heterocycles. The van der Waals surface area contributed by atoms with E-state index in [1.54, 1.807) is 5.01 Å². The lowest BCUT2D eigenvalue weighted by molar-refractivity contribution is -0.124. The minimum Gasteiger partial charge on any atom is -0.403 e. The summed E-state index contributed by atoms with van der Waals surface area (Å²) in [5.41, 5.74) is 7.62. The molecule has 1 saturated heterocycles. The fraction of sp³-hybridized carbons (Fsp3) is 0.476. The van der Waals surface area contributed by atoms with E-state index in [-0.39, 0.29) is 17.0 Å². The Morgan fingerprint density at radius 2 is 2.07 bits per heavy atom. The van der Waals surface area contributed by atoms with Gasteiger partial charge in [-0.2, -0.15) is 12.6 Å². The van der Waals surface area contributed by atoms with Crippen molar-refractivity contribution in [2.75, 3.05) is 19.6 Å². The van der Waals surface area contributed by atoms with Crippen LogP contribution in [0.5, 0.6) is 0 Å². The molecule has 5 nitrogen and oxygen atoms in total. The van der Waals surface area contributed by atoms with Crippen LogP contribution in [0.2, 0.25) is 0 Å². The number of Topliss-reactive ketones (excluding diaryl/α,β-unsaturated/α-hetero) is 1. The van der Waals surface area contributed by atoms with Crippen molar-refractivity contribution in [3.05, 3.63) is 60.3 Å². The van der Waals surface area contributed by atoms with Crippen molar-refractivity contribution in [1.82, 2.24) is 9.91 Å². The van der Waals surface area contributed by atoms with Gasteiger partial charge in [-0.25, -0.2) is 10.2 Å². The number of nitrogens with zero attached hydrogens (tertiary/aromatic N) is 2. The Morgan fingerprint density at radius 3 is 2.61 bits per heavy atom. The van der Waals surface area contributed by atoms with E-state index < -0.39 is 11.9 Å². The fourth-order valence-corrected chi connectivity index (χ4v) is 3.65. The topological polar surface area (TPSA) is 75.6 Å². The Kier molecular flexibility index (Phi) is 8.10. The number of nitrogens with two attached hydrogens (primary N) is 2. The first-order valence-electron chi connectivity index (χ1n) is 9.54. The number of thiol groups is 1. The third-order valence-electron chi connectivity index (χ3n) is 5.33. The quantitative estimate of drug-likeness (QED) is 0.180. The van der Waals surface area contributed by atoms with Crippen LogP contribution in [0.25, 0.3) is 0 Å². The first kappa shape index (κ1) is 22.5. The average molecular weight is 407 g/mol. The van der Waals surface area contributed by atoms with Crippen molar-refractivity contribution in [2.45, 2.75) is 37.5 Å². The zero-order chi connectivity index (χ0) is 20.8. The van der Waals surface area contributed by atoms with Gasteiger partial charge >= 0.3 is 0 Å². The van der Waals surface area contributed by atoms with Gasteiger partial charge < -0.3 is 10.7 Å². The average Bonchev–Trinajstić information content (AvgIpc) is 3.55. The molecule has 2 atom stereocenters. The maximum Gasteiger partial charge on any atom is 0.157 e. The molecular formula is C21H31FN4OS. The highest BCUT2D eigenvalue weighted by molar-refractivity contribution is 7.81. The molecule has 4 N–H and O–H groups in total. The Bertz CT molecular complexity index is 711. The van der Waals surface area contributed by atoms with Crippen LogP contribution < -0.4 is 11.6 Å². The molecule has 0 aromatic carbocycles. The van der Waals surface area contributed by atoms with E-state index >= 15 is 0 Å². The normalized spacial score (nSPS) is 24.5. The molecule has 1 aliphatic carbocycles. The van der Waals surface area contributed by atoms with Gasteiger partial charge in [-0.1, -0.05) is 25.3 Å². The maximum atomic E-state index is 14.4. The number of hydrazine groups is 1. The van der Waals surface area contributed by atoms with E-state index in [1.807, 2.05) is 17.9 Å². The van der Waals surface area contributed by atoms with Crippen molar-refractivity contribution in [3.63, 3.8) is 0 Å². The summed E-state index contributed by atoms with van der Waals surface area (Å²) in [5.74, 6) is 5.55. The van der Waals surface area contributed by atoms with Gasteiger partial charge in [-0.05, 0) is 37.8 Å². The SMILES string of the molecule is C=C/C(F)=C(\C=C)C(C(=O)C1CC1)N1CCC(S)/C(=C/CN(N)/C(C)=C\N)C1. The number of hydrogen-bond acceptors (Lipinski definition) is 6. The van der Waals surface area contributed by atoms with Crippen molar-refractivity contribution in [3.8, 4) is 0 Å². The summed E-state index contributed by atoms with van der Waals surface area (Å²) >= 11 is 4.68. The summed E-state index contributed by atoms with van der Waals surface area (Å²) in [6.07, 6.45) is 8.54. The lowest BCUT2D eigenvalue weighted by Crippen LogP contribution is -2.48. The molecule has 0 spiro atoms. The summed E-state index contributed by atoms with van der Waals surface area (Å²) in [7, 11) is 0. The number of rotatable bonds is 9. The summed E-state index contributed by atoms with van der Waals surface area (Å²) in [6, 6.07) is -0.646. The van der Waals surface area contributed by atoms with Crippen LogP contribution in [0.3, 0.4) is 0 Å². The molecule has 154 valence electrons. The largest absolute Gasteiger partial charge is 0.403 e. The van der Waals surface area contributed by atoms with Gasteiger partial charge in [-0.3, -0.25) is 9.69 Å². The Hall–Kier alpha value is -1.83. The van der Waals surface area contributed by atoms with Crippen LogP contribution in [0, 0.1) is 5.92 Å². The van der Waals surface area contributed by atoms with Crippen LogP contribution in [-0.2, 0) is 4.79 Å². The van der Waals surface area contributed by atoms with Gasteiger partial charge in [0.1, 0.15) is 5.83 Å². The second kappa shape index (κ2) is 10.1. The number of piperidine rings is 1. The standard InChI is InChI=1S/C21H31FN4OS/c1-4-17(18(22)5-2)20(21(27)15-6-7-15)25-10-9-19(28)16(13-25)8-11-26(24)14(3)12-23/h4-5,8,12,15,19-20,28H,1-2,6-7,9-11,13,23-24H2,3H3/b14-12-,16-8+,18-17-. The molecule has 1 heterocycles. The first-order valence-corrected chi connectivity index (χ1v) is 10.1. The highest BCUT2D eigenvalue weighted by atomic mass is 32.1. The van der Waals surface area contributed by atoms with Crippen LogP contribution in [-0.4, -0.2) is 46.6 Å². The maximum absolute atomic E-state index is 14.4. The summed E-state index contributed by atoms with van der Waals surface area (Å²) in [4.78, 5) is 15.0. The molecular weight excluding hydrogens is 375 g/mol. The van der Waals surface area contributed by atoms with Crippen LogP contribution >= 0.6 is 12.6 Å². The van der Waals surface area contributed by atoms with Gasteiger partial charge in [0.2, 0.25) is 0 Å². The highest BCUT2D eigenvalue weighted by Crippen LogP contribution is 2.36. The van der Waals surface area contributed by atoms with E-state index in [0.29, 0.717) is 25.2 Å². The van der Waals surface area contributed by atoms with E-state index in [2.05, 4.69) is 25.8 Å². The molecule has 2 aliphatic rings. The lowest BCUT2D eigenvalue weighted by Gasteiger charge is -2.38. The van der Waals surface area contributed by atoms with E-state index in [4.69, 9.17) is 11.6 Å². The van der Waals surface area contributed by atoms with Crippen molar-refractivity contribution < 1.29 is 9.18 Å². The van der Waals surface area contributed by atoms with Gasteiger partial charge in [0, 0.05) is 41.7 Å². The zero-order valence-electron chi connectivity index (χ0n) is 16.5. The highest BCUT2D eigenvalue weighted by Gasteiger charge is 2.41.